The van der Waals surface area contributed by atoms with Crippen LogP contribution >= 0.6 is 0 Å². The van der Waals surface area contributed by atoms with E-state index in [1.807, 2.05) is 13.1 Å². The van der Waals surface area contributed by atoms with E-state index in [1.54, 1.807) is 0 Å². The highest BCUT2D eigenvalue weighted by molar-refractivity contribution is 6.74. The number of aryl methyl sites for hydroxylation is 1. The Morgan fingerprint density at radius 2 is 1.51 bits per heavy atom. The van der Waals surface area contributed by atoms with E-state index in [0.717, 1.165) is 31.2 Å². The number of ether oxygens (including phenoxy) is 1. The number of carboxylic acids is 1. The molecule has 1 aromatic rings. The van der Waals surface area contributed by atoms with Crippen molar-refractivity contribution in [3.63, 3.8) is 0 Å². The van der Waals surface area contributed by atoms with Crippen LogP contribution in [-0.4, -0.2) is 46.9 Å². The first-order valence-electron chi connectivity index (χ1n) is 16.7. The number of allylic oxidation sites excluding steroid dienone is 3. The number of carbonyl (C=O) groups excluding carboxylic acids is 1. The fourth-order valence-electron chi connectivity index (χ4n) is 4.67. The Hall–Kier alpha value is -2.01. The maximum Gasteiger partial charge on any atom is 0.336 e. The van der Waals surface area contributed by atoms with Crippen molar-refractivity contribution in [2.75, 3.05) is 13.2 Å². The van der Waals surface area contributed by atoms with Crippen LogP contribution in [0.5, 0.6) is 5.75 Å². The first-order valence-corrected chi connectivity index (χ1v) is 22.5. The van der Waals surface area contributed by atoms with Crippen LogP contribution < -0.4 is 4.74 Å². The Morgan fingerprint density at radius 3 is 2.00 bits per heavy atom. The predicted octanol–water partition coefficient (Wildman–Crippen LogP) is 10.5. The molecular weight excluding hydrogens is 597 g/mol. The normalized spacial score (nSPS) is 17.6. The molecule has 0 spiro atoms. The number of rotatable bonds is 13. The van der Waals surface area contributed by atoms with Crippen molar-refractivity contribution in [1.29, 1.82) is 0 Å². The largest absolute Gasteiger partial charge is 0.480 e. The molecule has 6 nitrogen and oxygen atoms in total. The Kier molecular flexibility index (Phi) is 15.7. The van der Waals surface area contributed by atoms with E-state index in [4.69, 9.17) is 18.7 Å². The van der Waals surface area contributed by atoms with Crippen molar-refractivity contribution < 1.29 is 28.3 Å². The van der Waals surface area contributed by atoms with Crippen LogP contribution in [0.1, 0.15) is 111 Å². The molecule has 1 N–H and O–H groups in total. The van der Waals surface area contributed by atoms with Crippen molar-refractivity contribution in [3.05, 3.63) is 53.1 Å². The zero-order chi connectivity index (χ0) is 34.8. The molecule has 45 heavy (non-hydrogen) atoms. The first kappa shape index (κ1) is 41.0. The summed E-state index contributed by atoms with van der Waals surface area (Å²) < 4.78 is 17.5. The fourth-order valence-corrected chi connectivity index (χ4v) is 6.50. The lowest BCUT2D eigenvalue weighted by atomic mass is 9.74. The van der Waals surface area contributed by atoms with Gasteiger partial charge in [-0.05, 0) is 93.3 Å². The lowest BCUT2D eigenvalue weighted by Crippen LogP contribution is -2.42. The summed E-state index contributed by atoms with van der Waals surface area (Å²) >= 11 is 0. The van der Waals surface area contributed by atoms with Crippen molar-refractivity contribution in [1.82, 2.24) is 0 Å². The first-order chi connectivity index (χ1) is 20.5. The van der Waals surface area contributed by atoms with E-state index >= 15 is 0 Å². The van der Waals surface area contributed by atoms with Gasteiger partial charge in [0.1, 0.15) is 19.0 Å². The van der Waals surface area contributed by atoms with Crippen LogP contribution in [0.15, 0.2) is 42.0 Å². The maximum absolute atomic E-state index is 12.9. The molecule has 0 saturated heterocycles. The van der Waals surface area contributed by atoms with Crippen molar-refractivity contribution in [2.24, 2.45) is 5.92 Å². The van der Waals surface area contributed by atoms with Gasteiger partial charge in [-0.2, -0.15) is 0 Å². The van der Waals surface area contributed by atoms with Crippen LogP contribution in [0.4, 0.5) is 0 Å². The number of benzene rings is 1. The molecule has 0 unspecified atom stereocenters. The van der Waals surface area contributed by atoms with E-state index in [-0.39, 0.29) is 35.2 Å². The summed E-state index contributed by atoms with van der Waals surface area (Å²) in [5.74, 6) is 0.0376. The molecule has 1 aromatic carbocycles. The quantitative estimate of drug-likeness (QED) is 0.0745. The number of hydrogen-bond donors (Lipinski definition) is 1. The summed E-state index contributed by atoms with van der Waals surface area (Å²) in [4.78, 5) is 23.2. The smallest absolute Gasteiger partial charge is 0.336 e. The molecule has 0 aromatic heterocycles. The zero-order valence-corrected chi connectivity index (χ0v) is 32.8. The van der Waals surface area contributed by atoms with Crippen molar-refractivity contribution in [2.45, 2.75) is 143 Å². The molecule has 0 amide bonds. The Morgan fingerprint density at radius 1 is 0.956 bits per heavy atom. The van der Waals surface area contributed by atoms with Crippen LogP contribution in [0.2, 0.25) is 36.3 Å². The highest BCUT2D eigenvalue weighted by Gasteiger charge is 2.38. The highest BCUT2D eigenvalue weighted by atomic mass is 28.4. The molecule has 2 rings (SSSR count). The maximum atomic E-state index is 12.9. The average Bonchev–Trinajstić information content (AvgIpc) is 2.90. The van der Waals surface area contributed by atoms with Crippen LogP contribution in [-0.2, 0) is 24.9 Å². The third-order valence-electron chi connectivity index (χ3n) is 9.83. The summed E-state index contributed by atoms with van der Waals surface area (Å²) in [7, 11) is -3.87. The summed E-state index contributed by atoms with van der Waals surface area (Å²) in [5, 5.41) is 8.58. The van der Waals surface area contributed by atoms with Gasteiger partial charge >= 0.3 is 11.9 Å². The van der Waals surface area contributed by atoms with Gasteiger partial charge in [-0.3, -0.25) is 0 Å². The average molecular weight is 661 g/mol. The fraction of sp³-hybridized carbons (Fsp3) is 0.676. The third kappa shape index (κ3) is 13.3. The van der Waals surface area contributed by atoms with Gasteiger partial charge in [0.2, 0.25) is 0 Å². The molecule has 0 heterocycles. The van der Waals surface area contributed by atoms with Gasteiger partial charge in [-0.25, -0.2) is 9.59 Å². The standard InChI is InChI=1S/C29H46O3Si.C8H18O3Si/c1-10-11-12-13-23-15-17-25(26-18-22(4)14-16-24(26)21(2)3)27(19-23)32-28(30)20-31-33(8,9)29(5,6)7;1-8(2,3)12(4,5)11-6-7(9)10/h15,17-19,24,26H,2,10-14,16,20H2,1,3-9H3;6H2,1-5H3,(H,9,10)/t24-,26+;/m0./s1. The second kappa shape index (κ2) is 17.2. The lowest BCUT2D eigenvalue weighted by Gasteiger charge is -2.35. The summed E-state index contributed by atoms with van der Waals surface area (Å²) in [6, 6.07) is 6.47. The van der Waals surface area contributed by atoms with Crippen LogP contribution in [0.3, 0.4) is 0 Å². The molecule has 2 atom stereocenters. The SMILES string of the molecule is C=C(C)[C@@H]1CCC(C)=C[C@H]1c1ccc(CCCCC)cc1OC(=O)CO[Si](C)(C)C(C)(C)C.CC(C)(C)[Si](C)(C)OCC(=O)O. The second-order valence-corrected chi connectivity index (χ2v) is 25.4. The highest BCUT2D eigenvalue weighted by Crippen LogP contribution is 2.43. The van der Waals surface area contributed by atoms with Gasteiger partial charge in [0.25, 0.3) is 0 Å². The predicted molar refractivity (Wildman–Crippen MR) is 193 cm³/mol. The van der Waals surface area contributed by atoms with E-state index in [1.165, 1.54) is 29.6 Å². The number of unbranched alkanes of at least 4 members (excludes halogenated alkanes) is 2. The van der Waals surface area contributed by atoms with Crippen LogP contribution in [0.25, 0.3) is 0 Å². The molecule has 1 aliphatic carbocycles. The van der Waals surface area contributed by atoms with Gasteiger partial charge in [0, 0.05) is 11.5 Å². The molecule has 0 radical (unpaired) electrons. The molecule has 0 bridgehead atoms. The number of aliphatic carboxylic acids is 1. The number of carbonyl (C=O) groups is 2. The van der Waals surface area contributed by atoms with Crippen LogP contribution in [0, 0.1) is 5.92 Å². The molecule has 0 saturated carbocycles. The Balaban J connectivity index is 0.000000712. The molecule has 256 valence electrons. The molecule has 1 aliphatic rings. The minimum atomic E-state index is -2.02. The summed E-state index contributed by atoms with van der Waals surface area (Å²) in [6.07, 6.45) is 9.08. The minimum Gasteiger partial charge on any atom is -0.480 e. The minimum absolute atomic E-state index is 0.000553. The van der Waals surface area contributed by atoms with E-state index in [2.05, 4.69) is 106 Å². The number of carboxylic acid groups (broad SMARTS) is 1. The van der Waals surface area contributed by atoms with E-state index in [9.17, 15) is 9.59 Å². The Bertz CT molecular complexity index is 1170. The molecule has 0 fully saturated rings. The van der Waals surface area contributed by atoms with Crippen molar-refractivity contribution >= 4 is 28.6 Å². The zero-order valence-electron chi connectivity index (χ0n) is 30.8. The monoisotopic (exact) mass is 660 g/mol. The third-order valence-corrected chi connectivity index (χ3v) is 18.8. The van der Waals surface area contributed by atoms with Gasteiger partial charge in [-0.1, -0.05) is 97.2 Å². The Labute approximate surface area is 277 Å². The van der Waals surface area contributed by atoms with E-state index < -0.39 is 22.6 Å². The molecule has 0 aliphatic heterocycles. The molecular formula is C37H64O6Si2. The lowest BCUT2D eigenvalue weighted by molar-refractivity contribution is -0.139. The second-order valence-electron chi connectivity index (χ2n) is 15.8. The number of esters is 1. The van der Waals surface area contributed by atoms with Gasteiger partial charge in [0.05, 0.1) is 0 Å². The van der Waals surface area contributed by atoms with Gasteiger partial charge in [-0.15, -0.1) is 0 Å². The van der Waals surface area contributed by atoms with Crippen molar-refractivity contribution in [3.8, 4) is 5.75 Å². The summed E-state index contributed by atoms with van der Waals surface area (Å²) in [5.41, 5.74) is 4.89. The number of hydrogen-bond acceptors (Lipinski definition) is 5. The van der Waals surface area contributed by atoms with E-state index in [0.29, 0.717) is 11.7 Å². The summed E-state index contributed by atoms with van der Waals surface area (Å²) in [6.45, 7) is 31.8. The van der Waals surface area contributed by atoms with Gasteiger partial charge < -0.3 is 18.7 Å². The molecule has 8 heteroatoms. The topological polar surface area (TPSA) is 82.1 Å². The van der Waals surface area contributed by atoms with Gasteiger partial charge in [0.15, 0.2) is 16.6 Å².